The SMILES string of the molecule is Cc1cccc2cc(C(c3nnnn3C3CCCC3)N(Cc3cccs3)CC3CCCO3)c(=O)[nH]c12. The zero-order valence-corrected chi connectivity index (χ0v) is 21.4. The Hall–Kier alpha value is -2.88. The van der Waals surface area contributed by atoms with Gasteiger partial charge in [-0.3, -0.25) is 9.69 Å². The molecule has 1 saturated carbocycles. The number of nitrogens with zero attached hydrogens (tertiary/aromatic N) is 5. The van der Waals surface area contributed by atoms with E-state index in [0.717, 1.165) is 54.6 Å². The molecule has 8 nitrogen and oxygen atoms in total. The Bertz CT molecular complexity index is 1370. The third-order valence-corrected chi connectivity index (χ3v) is 8.47. The normalized spacial score (nSPS) is 19.6. The molecular formula is C27H32N6O2S. The maximum Gasteiger partial charge on any atom is 0.253 e. The van der Waals surface area contributed by atoms with Crippen LogP contribution in [0, 0.1) is 6.92 Å². The molecule has 3 aromatic heterocycles. The summed E-state index contributed by atoms with van der Waals surface area (Å²) in [7, 11) is 0. The largest absolute Gasteiger partial charge is 0.377 e. The average molecular weight is 505 g/mol. The fourth-order valence-electron chi connectivity index (χ4n) is 5.81. The van der Waals surface area contributed by atoms with Gasteiger partial charge >= 0.3 is 0 Å². The van der Waals surface area contributed by atoms with E-state index < -0.39 is 0 Å². The molecule has 188 valence electrons. The van der Waals surface area contributed by atoms with Crippen LogP contribution in [0.2, 0.25) is 0 Å². The summed E-state index contributed by atoms with van der Waals surface area (Å²) in [5.74, 6) is 0.744. The smallest absolute Gasteiger partial charge is 0.253 e. The predicted molar refractivity (Wildman–Crippen MR) is 140 cm³/mol. The van der Waals surface area contributed by atoms with Gasteiger partial charge in [0, 0.05) is 30.1 Å². The molecule has 0 radical (unpaired) electrons. The molecule has 2 atom stereocenters. The number of para-hydroxylation sites is 1. The topological polar surface area (TPSA) is 88.9 Å². The number of H-pyrrole nitrogens is 1. The Labute approximate surface area is 214 Å². The van der Waals surface area contributed by atoms with Crippen molar-refractivity contribution in [3.63, 3.8) is 0 Å². The van der Waals surface area contributed by atoms with Gasteiger partial charge in [0.05, 0.1) is 17.7 Å². The number of ether oxygens (including phenoxy) is 1. The number of thiophene rings is 1. The van der Waals surface area contributed by atoms with Crippen LogP contribution < -0.4 is 5.56 Å². The highest BCUT2D eigenvalue weighted by molar-refractivity contribution is 7.09. The molecule has 0 spiro atoms. The Morgan fingerprint density at radius 3 is 2.86 bits per heavy atom. The van der Waals surface area contributed by atoms with Crippen molar-refractivity contribution in [1.29, 1.82) is 0 Å². The van der Waals surface area contributed by atoms with Gasteiger partial charge in [-0.25, -0.2) is 4.68 Å². The first-order chi connectivity index (χ1) is 17.7. The van der Waals surface area contributed by atoms with Crippen molar-refractivity contribution < 1.29 is 4.74 Å². The average Bonchev–Trinajstić information content (AvgIpc) is 3.68. The molecule has 0 amide bonds. The third kappa shape index (κ3) is 4.63. The molecule has 2 aliphatic rings. The Morgan fingerprint density at radius 1 is 1.19 bits per heavy atom. The standard InChI is InChI=1S/C27H32N6O2S/c1-18-7-4-8-19-15-23(27(34)28-24(18)19)25(26-29-30-31-33(26)20-9-2-3-10-20)32(16-21-11-5-13-35-21)17-22-12-6-14-36-22/h4,6-8,12,14-15,20-21,25H,2-3,5,9-11,13,16-17H2,1H3,(H,28,34). The molecule has 1 saturated heterocycles. The van der Waals surface area contributed by atoms with Gasteiger partial charge in [0.2, 0.25) is 0 Å². The highest BCUT2D eigenvalue weighted by Gasteiger charge is 2.35. The lowest BCUT2D eigenvalue weighted by Gasteiger charge is -2.33. The summed E-state index contributed by atoms with van der Waals surface area (Å²) in [5, 5.41) is 16.3. The molecule has 2 unspecified atom stereocenters. The van der Waals surface area contributed by atoms with Crippen LogP contribution in [-0.2, 0) is 11.3 Å². The van der Waals surface area contributed by atoms with Crippen LogP contribution in [-0.4, -0.2) is 49.3 Å². The van der Waals surface area contributed by atoms with Crippen molar-refractivity contribution in [2.45, 2.75) is 70.2 Å². The number of hydrogen-bond acceptors (Lipinski definition) is 7. The quantitative estimate of drug-likeness (QED) is 0.372. The van der Waals surface area contributed by atoms with Crippen molar-refractivity contribution in [2.24, 2.45) is 0 Å². The van der Waals surface area contributed by atoms with Gasteiger partial charge in [0.1, 0.15) is 6.04 Å². The van der Waals surface area contributed by atoms with E-state index in [1.165, 1.54) is 17.7 Å². The lowest BCUT2D eigenvalue weighted by molar-refractivity contribution is 0.0574. The first-order valence-corrected chi connectivity index (χ1v) is 13.8. The van der Waals surface area contributed by atoms with Crippen molar-refractivity contribution in [3.8, 4) is 0 Å². The minimum Gasteiger partial charge on any atom is -0.377 e. The minimum absolute atomic E-state index is 0.0914. The first-order valence-electron chi connectivity index (χ1n) is 13.0. The number of nitrogens with one attached hydrogen (secondary N) is 1. The Kier molecular flexibility index (Phi) is 6.69. The molecule has 36 heavy (non-hydrogen) atoms. The second kappa shape index (κ2) is 10.2. The van der Waals surface area contributed by atoms with Gasteiger partial charge in [-0.1, -0.05) is 37.1 Å². The number of fused-ring (bicyclic) bond motifs is 1. The van der Waals surface area contributed by atoms with E-state index in [1.54, 1.807) is 11.3 Å². The molecule has 0 bridgehead atoms. The number of aromatic amines is 1. The van der Waals surface area contributed by atoms with E-state index >= 15 is 0 Å². The molecule has 1 aromatic carbocycles. The number of hydrogen-bond donors (Lipinski definition) is 1. The maximum absolute atomic E-state index is 13.7. The molecule has 1 aliphatic heterocycles. The second-order valence-corrected chi connectivity index (χ2v) is 11.1. The Morgan fingerprint density at radius 2 is 2.08 bits per heavy atom. The molecule has 1 aliphatic carbocycles. The summed E-state index contributed by atoms with van der Waals surface area (Å²) in [6, 6.07) is 12.3. The molecule has 2 fully saturated rings. The van der Waals surface area contributed by atoms with Crippen molar-refractivity contribution >= 4 is 22.2 Å². The van der Waals surface area contributed by atoms with Crippen LogP contribution in [0.1, 0.15) is 72.4 Å². The molecule has 4 aromatic rings. The van der Waals surface area contributed by atoms with Crippen molar-refractivity contribution in [3.05, 3.63) is 74.0 Å². The van der Waals surface area contributed by atoms with Crippen LogP contribution in [0.15, 0.2) is 46.6 Å². The van der Waals surface area contributed by atoms with Crippen LogP contribution in [0.5, 0.6) is 0 Å². The monoisotopic (exact) mass is 504 g/mol. The fourth-order valence-corrected chi connectivity index (χ4v) is 6.54. The zero-order chi connectivity index (χ0) is 24.5. The molecule has 6 rings (SSSR count). The number of tetrazole rings is 1. The van der Waals surface area contributed by atoms with Crippen LogP contribution in [0.4, 0.5) is 0 Å². The number of pyridine rings is 1. The third-order valence-electron chi connectivity index (χ3n) is 7.61. The number of aryl methyl sites for hydroxylation is 1. The first kappa shape index (κ1) is 23.5. The van der Waals surface area contributed by atoms with Crippen molar-refractivity contribution in [2.75, 3.05) is 13.2 Å². The van der Waals surface area contributed by atoms with Crippen LogP contribution in [0.25, 0.3) is 10.9 Å². The van der Waals surface area contributed by atoms with Gasteiger partial charge in [-0.05, 0) is 71.5 Å². The summed E-state index contributed by atoms with van der Waals surface area (Å²) in [5.41, 5.74) is 2.52. The lowest BCUT2D eigenvalue weighted by Crippen LogP contribution is -2.39. The van der Waals surface area contributed by atoms with E-state index in [0.29, 0.717) is 18.7 Å². The fraction of sp³-hybridized carbons (Fsp3) is 0.481. The van der Waals surface area contributed by atoms with Gasteiger partial charge in [-0.2, -0.15) is 0 Å². The van der Waals surface area contributed by atoms with Gasteiger partial charge in [0.15, 0.2) is 5.82 Å². The predicted octanol–water partition coefficient (Wildman–Crippen LogP) is 4.77. The summed E-state index contributed by atoms with van der Waals surface area (Å²) in [6.45, 7) is 4.23. The number of rotatable bonds is 8. The van der Waals surface area contributed by atoms with Gasteiger partial charge in [0.25, 0.3) is 5.56 Å². The minimum atomic E-state index is -0.388. The molecular weight excluding hydrogens is 472 g/mol. The van der Waals surface area contributed by atoms with E-state index in [-0.39, 0.29) is 23.7 Å². The van der Waals surface area contributed by atoms with E-state index in [4.69, 9.17) is 4.74 Å². The van der Waals surface area contributed by atoms with Crippen molar-refractivity contribution in [1.82, 2.24) is 30.1 Å². The summed E-state index contributed by atoms with van der Waals surface area (Å²) < 4.78 is 8.06. The maximum atomic E-state index is 13.7. The van der Waals surface area contributed by atoms with E-state index in [2.05, 4.69) is 49.0 Å². The summed E-state index contributed by atoms with van der Waals surface area (Å²) >= 11 is 1.73. The van der Waals surface area contributed by atoms with Gasteiger partial charge < -0.3 is 9.72 Å². The Balaban J connectivity index is 1.51. The van der Waals surface area contributed by atoms with Gasteiger partial charge in [-0.15, -0.1) is 16.4 Å². The highest BCUT2D eigenvalue weighted by Crippen LogP contribution is 2.35. The second-order valence-electron chi connectivity index (χ2n) is 10.1. The lowest BCUT2D eigenvalue weighted by atomic mass is 10.0. The zero-order valence-electron chi connectivity index (χ0n) is 20.6. The summed E-state index contributed by atoms with van der Waals surface area (Å²) in [6.07, 6.45) is 6.71. The van der Waals surface area contributed by atoms with Crippen LogP contribution in [0.3, 0.4) is 0 Å². The molecule has 4 heterocycles. The molecule has 1 N–H and O–H groups in total. The number of benzene rings is 1. The summed E-state index contributed by atoms with van der Waals surface area (Å²) in [4.78, 5) is 20.5. The van der Waals surface area contributed by atoms with Crippen LogP contribution >= 0.6 is 11.3 Å². The molecule has 9 heteroatoms. The van der Waals surface area contributed by atoms with E-state index in [9.17, 15) is 4.79 Å². The highest BCUT2D eigenvalue weighted by atomic mass is 32.1. The number of aromatic nitrogens is 5. The van der Waals surface area contributed by atoms with E-state index in [1.807, 2.05) is 29.8 Å².